The lowest BCUT2D eigenvalue weighted by molar-refractivity contribution is -0.0527. The number of nitrogens with one attached hydrogen (secondary N) is 1. The average molecular weight is 450 g/mol. The third-order valence-electron chi connectivity index (χ3n) is 5.21. The molecule has 5 heterocycles. The minimum atomic E-state index is -3.11. The van der Waals surface area contributed by atoms with Gasteiger partial charge in [0, 0.05) is 36.3 Å². The second kappa shape index (κ2) is 7.53. The van der Waals surface area contributed by atoms with Gasteiger partial charge in [-0.2, -0.15) is 13.9 Å². The van der Waals surface area contributed by atoms with Gasteiger partial charge in [-0.25, -0.2) is 18.4 Å². The van der Waals surface area contributed by atoms with Gasteiger partial charge >= 0.3 is 6.61 Å². The minimum absolute atomic E-state index is 0.0618. The molecule has 0 saturated heterocycles. The number of ether oxygens (including phenoxy) is 2. The van der Waals surface area contributed by atoms with Crippen molar-refractivity contribution in [2.75, 3.05) is 6.61 Å². The van der Waals surface area contributed by atoms with E-state index in [0.717, 1.165) is 0 Å². The van der Waals surface area contributed by atoms with Crippen LogP contribution in [0.4, 0.5) is 17.6 Å². The van der Waals surface area contributed by atoms with Crippen molar-refractivity contribution in [1.29, 1.82) is 0 Å². The van der Waals surface area contributed by atoms with Crippen molar-refractivity contribution in [3.05, 3.63) is 30.2 Å². The highest BCUT2D eigenvalue weighted by molar-refractivity contribution is 6.04. The fourth-order valence-electron chi connectivity index (χ4n) is 3.99. The molecule has 0 spiro atoms. The molecule has 1 aliphatic rings. The van der Waals surface area contributed by atoms with E-state index in [-0.39, 0.29) is 34.5 Å². The highest BCUT2D eigenvalue weighted by Crippen LogP contribution is 2.47. The number of halogens is 4. The van der Waals surface area contributed by atoms with Crippen LogP contribution in [0.2, 0.25) is 0 Å². The lowest BCUT2D eigenvalue weighted by atomic mass is 10.0. The van der Waals surface area contributed by atoms with E-state index in [2.05, 4.69) is 24.9 Å². The molecule has 0 bridgehead atoms. The van der Waals surface area contributed by atoms with E-state index in [1.54, 1.807) is 19.2 Å². The van der Waals surface area contributed by atoms with Gasteiger partial charge in [-0.05, 0) is 12.1 Å². The molecule has 12 heteroatoms. The lowest BCUT2D eigenvalue weighted by Crippen LogP contribution is -2.23. The summed E-state index contributed by atoms with van der Waals surface area (Å²) >= 11 is 0. The lowest BCUT2D eigenvalue weighted by Gasteiger charge is -2.21. The number of aromatic nitrogens is 6. The standard InChI is InChI=1S/C20H18F4N6O2/c1-9-6-30-19(31-8-9)13(15(27-30)16(21)22)14-12(10-4-3-5-25-17(10)26-14)11-7-29(2)28-18(11)32-20(23)24/h3-5,7,9,16,20H,6,8H2,1-2H3,(H,25,26)/t9-/m1/s1. The van der Waals surface area contributed by atoms with E-state index >= 15 is 0 Å². The van der Waals surface area contributed by atoms with Crippen LogP contribution >= 0.6 is 0 Å². The Morgan fingerprint density at radius 2 is 2.03 bits per heavy atom. The molecule has 0 amide bonds. The number of fused-ring (bicyclic) bond motifs is 2. The summed E-state index contributed by atoms with van der Waals surface area (Å²) in [5.41, 5.74) is 0.739. The molecule has 0 aliphatic carbocycles. The summed E-state index contributed by atoms with van der Waals surface area (Å²) in [6.07, 6.45) is 0.129. The second-order valence-electron chi connectivity index (χ2n) is 7.64. The van der Waals surface area contributed by atoms with Crippen LogP contribution in [0.5, 0.6) is 11.8 Å². The minimum Gasteiger partial charge on any atom is -0.477 e. The molecular weight excluding hydrogens is 432 g/mol. The smallest absolute Gasteiger partial charge is 0.388 e. The summed E-state index contributed by atoms with van der Waals surface area (Å²) in [5.74, 6) is -0.0527. The normalized spacial score (nSPS) is 16.1. The largest absolute Gasteiger partial charge is 0.477 e. The molecule has 168 valence electrons. The van der Waals surface area contributed by atoms with Crippen molar-refractivity contribution in [3.8, 4) is 34.1 Å². The van der Waals surface area contributed by atoms with Crippen molar-refractivity contribution in [3.63, 3.8) is 0 Å². The zero-order chi connectivity index (χ0) is 22.6. The maximum atomic E-state index is 14.0. The Morgan fingerprint density at radius 3 is 2.78 bits per heavy atom. The zero-order valence-corrected chi connectivity index (χ0v) is 17.0. The second-order valence-corrected chi connectivity index (χ2v) is 7.64. The Labute approximate surface area is 178 Å². The van der Waals surface area contributed by atoms with Gasteiger partial charge in [0.25, 0.3) is 6.43 Å². The monoisotopic (exact) mass is 450 g/mol. The Balaban J connectivity index is 1.82. The van der Waals surface area contributed by atoms with Gasteiger partial charge in [0.15, 0.2) is 0 Å². The number of nitrogens with zero attached hydrogens (tertiary/aromatic N) is 5. The SMILES string of the molecule is C[C@H]1COc2c(-c3[nH]c4ncccc4c3-c3cn(C)nc3OC(F)F)c(C(F)F)nn2C1. The summed E-state index contributed by atoms with van der Waals surface area (Å²) < 4.78 is 67.3. The first-order valence-corrected chi connectivity index (χ1v) is 9.81. The van der Waals surface area contributed by atoms with Gasteiger partial charge in [-0.1, -0.05) is 6.92 Å². The van der Waals surface area contributed by atoms with Crippen molar-refractivity contribution in [1.82, 2.24) is 29.5 Å². The van der Waals surface area contributed by atoms with Gasteiger partial charge in [0.2, 0.25) is 11.8 Å². The van der Waals surface area contributed by atoms with E-state index in [1.165, 1.54) is 21.8 Å². The molecular formula is C20H18F4N6O2. The average Bonchev–Trinajstić information content (AvgIpc) is 3.39. The van der Waals surface area contributed by atoms with Crippen LogP contribution in [0.15, 0.2) is 24.5 Å². The maximum absolute atomic E-state index is 14.0. The Morgan fingerprint density at radius 1 is 1.22 bits per heavy atom. The molecule has 32 heavy (non-hydrogen) atoms. The van der Waals surface area contributed by atoms with Crippen LogP contribution in [0.25, 0.3) is 33.4 Å². The fraction of sp³-hybridized carbons (Fsp3) is 0.350. The first kappa shape index (κ1) is 20.3. The molecule has 0 radical (unpaired) electrons. The summed E-state index contributed by atoms with van der Waals surface area (Å²) in [5, 5.41) is 8.58. The predicted molar refractivity (Wildman–Crippen MR) is 106 cm³/mol. The summed E-state index contributed by atoms with van der Waals surface area (Å²) in [4.78, 5) is 7.32. The molecule has 1 atom stereocenters. The number of hydrogen-bond acceptors (Lipinski definition) is 5. The van der Waals surface area contributed by atoms with Crippen LogP contribution in [0, 0.1) is 5.92 Å². The molecule has 0 aromatic carbocycles. The molecule has 1 N–H and O–H groups in total. The molecule has 4 aromatic rings. The first-order valence-electron chi connectivity index (χ1n) is 9.81. The number of pyridine rings is 1. The molecule has 0 saturated carbocycles. The molecule has 0 unspecified atom stereocenters. The molecule has 1 aliphatic heterocycles. The number of hydrogen-bond donors (Lipinski definition) is 1. The van der Waals surface area contributed by atoms with Gasteiger partial charge in [0.05, 0.1) is 30.0 Å². The van der Waals surface area contributed by atoms with Crippen LogP contribution in [-0.2, 0) is 13.6 Å². The fourth-order valence-corrected chi connectivity index (χ4v) is 3.99. The summed E-state index contributed by atoms with van der Waals surface area (Å²) in [6.45, 7) is -0.438. The summed E-state index contributed by atoms with van der Waals surface area (Å²) in [7, 11) is 1.55. The Kier molecular flexibility index (Phi) is 4.79. The van der Waals surface area contributed by atoms with Crippen LogP contribution < -0.4 is 9.47 Å². The Bertz CT molecular complexity index is 1290. The van der Waals surface area contributed by atoms with Gasteiger partial charge in [-0.3, -0.25) is 4.68 Å². The third kappa shape index (κ3) is 3.26. The van der Waals surface area contributed by atoms with Gasteiger partial charge in [0.1, 0.15) is 11.3 Å². The van der Waals surface area contributed by atoms with E-state index in [9.17, 15) is 17.6 Å². The molecule has 8 nitrogen and oxygen atoms in total. The van der Waals surface area contributed by atoms with Crippen LogP contribution in [0.1, 0.15) is 19.0 Å². The number of aryl methyl sites for hydroxylation is 1. The van der Waals surface area contributed by atoms with Crippen molar-refractivity contribution >= 4 is 11.0 Å². The molecule has 0 fully saturated rings. The van der Waals surface area contributed by atoms with Crippen LogP contribution in [-0.4, -0.2) is 42.7 Å². The quantitative estimate of drug-likeness (QED) is 0.456. The van der Waals surface area contributed by atoms with E-state index in [1.807, 2.05) is 6.92 Å². The number of alkyl halides is 4. The topological polar surface area (TPSA) is 82.8 Å². The first-order chi connectivity index (χ1) is 15.3. The number of rotatable bonds is 5. The van der Waals surface area contributed by atoms with Gasteiger partial charge < -0.3 is 14.5 Å². The van der Waals surface area contributed by atoms with Gasteiger partial charge in [-0.15, -0.1) is 5.10 Å². The van der Waals surface area contributed by atoms with Crippen molar-refractivity contribution in [2.45, 2.75) is 26.5 Å². The summed E-state index contributed by atoms with van der Waals surface area (Å²) in [6, 6.07) is 3.37. The third-order valence-corrected chi connectivity index (χ3v) is 5.21. The van der Waals surface area contributed by atoms with E-state index in [4.69, 9.17) is 4.74 Å². The molecule has 4 aromatic heterocycles. The van der Waals surface area contributed by atoms with E-state index < -0.39 is 18.7 Å². The number of H-pyrrole nitrogens is 1. The maximum Gasteiger partial charge on any atom is 0.388 e. The zero-order valence-electron chi connectivity index (χ0n) is 17.0. The Hall–Kier alpha value is -3.57. The van der Waals surface area contributed by atoms with E-state index in [0.29, 0.717) is 29.7 Å². The number of aromatic amines is 1. The van der Waals surface area contributed by atoms with Crippen molar-refractivity contribution in [2.24, 2.45) is 13.0 Å². The predicted octanol–water partition coefficient (Wildman–Crippen LogP) is 4.39. The van der Waals surface area contributed by atoms with Crippen LogP contribution in [0.3, 0.4) is 0 Å². The highest BCUT2D eigenvalue weighted by atomic mass is 19.3. The molecule has 5 rings (SSSR count). The highest BCUT2D eigenvalue weighted by Gasteiger charge is 2.34. The van der Waals surface area contributed by atoms with Crippen molar-refractivity contribution < 1.29 is 27.0 Å².